The second-order valence-electron chi connectivity index (χ2n) is 2.64. The van der Waals surface area contributed by atoms with E-state index in [-0.39, 0.29) is 0 Å². The molecule has 0 atom stereocenters. The molecule has 0 saturated carbocycles. The number of allylic oxidation sites excluding steroid dienone is 2. The van der Waals surface area contributed by atoms with E-state index in [1.54, 1.807) is 5.57 Å². The third kappa shape index (κ3) is 0.766. The zero-order chi connectivity index (χ0) is 6.10. The monoisotopic (exact) mass is 121 g/mol. The second-order valence-corrected chi connectivity index (χ2v) is 2.64. The average Bonchev–Trinajstić information content (AvgIpc) is 2.33. The zero-order valence-electron chi connectivity index (χ0n) is 5.48. The fraction of sp³-hybridized carbons (Fsp3) is 0.500. The number of hydrogen-bond acceptors (Lipinski definition) is 1. The first kappa shape index (κ1) is 5.10. The van der Waals surface area contributed by atoms with Crippen LogP contribution in [0.1, 0.15) is 19.3 Å². The van der Waals surface area contributed by atoms with Crippen molar-refractivity contribution in [3.05, 3.63) is 23.4 Å². The van der Waals surface area contributed by atoms with Crippen LogP contribution in [0.25, 0.3) is 0 Å². The molecule has 0 saturated heterocycles. The van der Waals surface area contributed by atoms with Crippen LogP contribution in [0.2, 0.25) is 0 Å². The van der Waals surface area contributed by atoms with Crippen LogP contribution in [0.3, 0.4) is 0 Å². The Hall–Kier alpha value is -0.720. The van der Waals surface area contributed by atoms with Crippen LogP contribution < -0.4 is 5.32 Å². The first-order valence-corrected chi connectivity index (χ1v) is 3.59. The van der Waals surface area contributed by atoms with E-state index >= 15 is 0 Å². The number of nitrogens with one attached hydrogen (secondary N) is 1. The quantitative estimate of drug-likeness (QED) is 0.513. The summed E-state index contributed by atoms with van der Waals surface area (Å²) in [6, 6.07) is 0. The summed E-state index contributed by atoms with van der Waals surface area (Å²) in [4.78, 5) is 0. The maximum atomic E-state index is 3.35. The van der Waals surface area contributed by atoms with Gasteiger partial charge in [-0.15, -0.1) is 0 Å². The molecule has 0 aromatic rings. The highest BCUT2D eigenvalue weighted by molar-refractivity contribution is 5.31. The molecule has 0 radical (unpaired) electrons. The van der Waals surface area contributed by atoms with Gasteiger partial charge in [0.25, 0.3) is 0 Å². The molecule has 0 unspecified atom stereocenters. The van der Waals surface area contributed by atoms with Crippen LogP contribution in [0.4, 0.5) is 0 Å². The zero-order valence-corrected chi connectivity index (χ0v) is 5.48. The van der Waals surface area contributed by atoms with Gasteiger partial charge >= 0.3 is 0 Å². The van der Waals surface area contributed by atoms with Crippen molar-refractivity contribution in [3.8, 4) is 0 Å². The Morgan fingerprint density at radius 3 is 3.22 bits per heavy atom. The van der Waals surface area contributed by atoms with Gasteiger partial charge < -0.3 is 5.32 Å². The van der Waals surface area contributed by atoms with E-state index in [0.29, 0.717) is 0 Å². The van der Waals surface area contributed by atoms with E-state index in [2.05, 4.69) is 17.5 Å². The SMILES string of the molecule is C1=CC2=C(CC1)CCN2. The van der Waals surface area contributed by atoms with Crippen LogP contribution in [0, 0.1) is 0 Å². The van der Waals surface area contributed by atoms with Crippen molar-refractivity contribution >= 4 is 0 Å². The predicted molar refractivity (Wildman–Crippen MR) is 38.0 cm³/mol. The first-order valence-electron chi connectivity index (χ1n) is 3.59. The van der Waals surface area contributed by atoms with E-state index in [1.807, 2.05) is 0 Å². The summed E-state index contributed by atoms with van der Waals surface area (Å²) < 4.78 is 0. The van der Waals surface area contributed by atoms with Gasteiger partial charge in [-0.1, -0.05) is 6.08 Å². The summed E-state index contributed by atoms with van der Waals surface area (Å²) >= 11 is 0. The molecule has 0 spiro atoms. The highest BCUT2D eigenvalue weighted by Gasteiger charge is 2.12. The molecule has 0 amide bonds. The van der Waals surface area contributed by atoms with Crippen molar-refractivity contribution in [2.75, 3.05) is 6.54 Å². The van der Waals surface area contributed by atoms with Crippen molar-refractivity contribution in [3.63, 3.8) is 0 Å². The van der Waals surface area contributed by atoms with Gasteiger partial charge in [0.1, 0.15) is 0 Å². The van der Waals surface area contributed by atoms with Crippen molar-refractivity contribution in [2.45, 2.75) is 19.3 Å². The molecule has 2 aliphatic rings. The van der Waals surface area contributed by atoms with Gasteiger partial charge in [0.2, 0.25) is 0 Å². The fourth-order valence-electron chi connectivity index (χ4n) is 1.50. The van der Waals surface area contributed by atoms with E-state index in [4.69, 9.17) is 0 Å². The Morgan fingerprint density at radius 2 is 2.33 bits per heavy atom. The van der Waals surface area contributed by atoms with E-state index in [9.17, 15) is 0 Å². The molecular formula is C8H11N. The Morgan fingerprint density at radius 1 is 1.33 bits per heavy atom. The Balaban J connectivity index is 2.28. The number of rotatable bonds is 0. The van der Waals surface area contributed by atoms with Gasteiger partial charge in [-0.3, -0.25) is 0 Å². The molecule has 1 heteroatoms. The maximum absolute atomic E-state index is 3.35. The third-order valence-corrected chi connectivity index (χ3v) is 2.02. The molecule has 0 aromatic carbocycles. The minimum absolute atomic E-state index is 1.16. The molecule has 1 N–H and O–H groups in total. The lowest BCUT2D eigenvalue weighted by Gasteiger charge is -2.05. The van der Waals surface area contributed by atoms with Crippen molar-refractivity contribution in [1.82, 2.24) is 5.32 Å². The average molecular weight is 121 g/mol. The van der Waals surface area contributed by atoms with Crippen molar-refractivity contribution in [2.24, 2.45) is 0 Å². The van der Waals surface area contributed by atoms with Crippen LogP contribution >= 0.6 is 0 Å². The van der Waals surface area contributed by atoms with Crippen LogP contribution in [0.15, 0.2) is 23.4 Å². The lowest BCUT2D eigenvalue weighted by Crippen LogP contribution is -2.05. The lowest BCUT2D eigenvalue weighted by molar-refractivity contribution is 0.872. The molecule has 1 aliphatic carbocycles. The Kier molecular flexibility index (Phi) is 1.08. The van der Waals surface area contributed by atoms with Crippen LogP contribution in [-0.4, -0.2) is 6.54 Å². The summed E-state index contributed by atoms with van der Waals surface area (Å²) in [5.74, 6) is 0. The van der Waals surface area contributed by atoms with Crippen LogP contribution in [-0.2, 0) is 0 Å². The minimum Gasteiger partial charge on any atom is -0.385 e. The third-order valence-electron chi connectivity index (χ3n) is 2.02. The highest BCUT2D eigenvalue weighted by Crippen LogP contribution is 2.23. The van der Waals surface area contributed by atoms with Gasteiger partial charge in [0.15, 0.2) is 0 Å². The van der Waals surface area contributed by atoms with Crippen molar-refractivity contribution in [1.29, 1.82) is 0 Å². The highest BCUT2D eigenvalue weighted by atomic mass is 14.9. The molecule has 48 valence electrons. The lowest BCUT2D eigenvalue weighted by atomic mass is 10.0. The molecule has 1 nitrogen and oxygen atoms in total. The predicted octanol–water partition coefficient (Wildman–Crippen LogP) is 1.58. The molecule has 1 heterocycles. The molecular weight excluding hydrogens is 110 g/mol. The molecule has 9 heavy (non-hydrogen) atoms. The Labute approximate surface area is 55.5 Å². The molecule has 0 fully saturated rings. The summed E-state index contributed by atoms with van der Waals surface area (Å²) in [6.07, 6.45) is 8.28. The summed E-state index contributed by atoms with van der Waals surface area (Å²) in [5, 5.41) is 3.35. The molecule has 0 bridgehead atoms. The van der Waals surface area contributed by atoms with Gasteiger partial charge in [-0.25, -0.2) is 0 Å². The minimum atomic E-state index is 1.16. The summed E-state index contributed by atoms with van der Waals surface area (Å²) in [5.41, 5.74) is 3.04. The fourth-order valence-corrected chi connectivity index (χ4v) is 1.50. The van der Waals surface area contributed by atoms with Crippen molar-refractivity contribution < 1.29 is 0 Å². The Bertz CT molecular complexity index is 177. The molecule has 0 aromatic heterocycles. The maximum Gasteiger partial charge on any atom is 0.0329 e. The van der Waals surface area contributed by atoms with E-state index in [0.717, 1.165) is 6.54 Å². The molecule has 1 aliphatic heterocycles. The standard InChI is InChI=1S/C8H11N/c1-2-4-8-7(3-1)5-6-9-8/h2,4,9H,1,3,5-6H2. The topological polar surface area (TPSA) is 12.0 Å². The van der Waals surface area contributed by atoms with Gasteiger partial charge in [-0.05, 0) is 30.9 Å². The van der Waals surface area contributed by atoms with E-state index in [1.165, 1.54) is 25.0 Å². The van der Waals surface area contributed by atoms with Crippen LogP contribution in [0.5, 0.6) is 0 Å². The summed E-state index contributed by atoms with van der Waals surface area (Å²) in [6.45, 7) is 1.16. The first-order chi connectivity index (χ1) is 4.47. The van der Waals surface area contributed by atoms with Gasteiger partial charge in [0, 0.05) is 12.2 Å². The summed E-state index contributed by atoms with van der Waals surface area (Å²) in [7, 11) is 0. The largest absolute Gasteiger partial charge is 0.385 e. The number of hydrogen-bond donors (Lipinski definition) is 1. The smallest absolute Gasteiger partial charge is 0.0329 e. The normalized spacial score (nSPS) is 24.0. The van der Waals surface area contributed by atoms with Gasteiger partial charge in [0.05, 0.1) is 0 Å². The molecule has 2 rings (SSSR count). The van der Waals surface area contributed by atoms with Gasteiger partial charge in [-0.2, -0.15) is 0 Å². The second kappa shape index (κ2) is 1.90. The van der Waals surface area contributed by atoms with E-state index < -0.39 is 0 Å².